The number of benzene rings is 3. The largest absolute Gasteiger partial charge is 0.573 e. The van der Waals surface area contributed by atoms with Crippen molar-refractivity contribution in [3.63, 3.8) is 0 Å². The minimum absolute atomic E-state index is 0.0217. The number of carbonyl (C=O) groups is 1. The van der Waals surface area contributed by atoms with Gasteiger partial charge in [-0.2, -0.15) is 0 Å². The van der Waals surface area contributed by atoms with Gasteiger partial charge in [-0.15, -0.1) is 13.2 Å². The lowest BCUT2D eigenvalue weighted by Gasteiger charge is -2.38. The van der Waals surface area contributed by atoms with E-state index in [2.05, 4.69) is 40.6 Å². The molecule has 3 aromatic carbocycles. The highest BCUT2D eigenvalue weighted by Gasteiger charge is 2.35. The van der Waals surface area contributed by atoms with Crippen LogP contribution >= 0.6 is 0 Å². The molecule has 0 fully saturated rings. The molecule has 1 unspecified atom stereocenters. The summed E-state index contributed by atoms with van der Waals surface area (Å²) in [5.74, 6) is -0.614. The maximum Gasteiger partial charge on any atom is 0.573 e. The van der Waals surface area contributed by atoms with Crippen LogP contribution in [0.25, 0.3) is 11.0 Å². The van der Waals surface area contributed by atoms with E-state index < -0.39 is 12.3 Å². The highest BCUT2D eigenvalue weighted by Crippen LogP contribution is 2.45. The Hall–Kier alpha value is -4.01. The summed E-state index contributed by atoms with van der Waals surface area (Å²) < 4.78 is 43.9. The van der Waals surface area contributed by atoms with Crippen molar-refractivity contribution < 1.29 is 27.8 Å². The zero-order valence-electron chi connectivity index (χ0n) is 21.0. The molecule has 1 aromatic heterocycles. The molecule has 198 valence electrons. The van der Waals surface area contributed by atoms with E-state index in [1.165, 1.54) is 35.4 Å². The van der Waals surface area contributed by atoms with E-state index in [0.717, 1.165) is 23.9 Å². The first-order valence-electron chi connectivity index (χ1n) is 12.4. The molecule has 38 heavy (non-hydrogen) atoms. The predicted molar refractivity (Wildman–Crippen MR) is 139 cm³/mol. The summed E-state index contributed by atoms with van der Waals surface area (Å²) in [5.41, 5.74) is 5.55. The molecule has 9 heteroatoms. The quantitative estimate of drug-likeness (QED) is 0.267. The third-order valence-electron chi connectivity index (χ3n) is 6.87. The molecule has 0 aliphatic heterocycles. The van der Waals surface area contributed by atoms with E-state index >= 15 is 0 Å². The van der Waals surface area contributed by atoms with Crippen LogP contribution in [0.5, 0.6) is 5.75 Å². The number of carboxylic acid groups (broad SMARTS) is 1. The van der Waals surface area contributed by atoms with Gasteiger partial charge in [0, 0.05) is 12.1 Å². The first-order chi connectivity index (χ1) is 18.0. The molecule has 5 rings (SSSR count). The van der Waals surface area contributed by atoms with Crippen molar-refractivity contribution >= 4 is 28.6 Å². The lowest BCUT2D eigenvalue weighted by atomic mass is 9.72. The zero-order chi connectivity index (χ0) is 27.1. The third-order valence-corrected chi connectivity index (χ3v) is 6.87. The SMILES string of the molecule is CC1(C)Cc2ccccc2C(n2c(Nc3ccc(OC(F)(F)F)cc3)nc3cc(CCC(=O)O)ccc32)C1. The van der Waals surface area contributed by atoms with Crippen LogP contribution in [0.4, 0.5) is 24.8 Å². The molecule has 0 saturated heterocycles. The Labute approximate surface area is 218 Å². The fraction of sp³-hybridized carbons (Fsp3) is 0.310. The summed E-state index contributed by atoms with van der Waals surface area (Å²) in [6, 6.07) is 19.7. The van der Waals surface area contributed by atoms with Crippen LogP contribution in [0.15, 0.2) is 66.7 Å². The molecule has 1 aliphatic carbocycles. The minimum Gasteiger partial charge on any atom is -0.481 e. The normalized spacial score (nSPS) is 16.7. The minimum atomic E-state index is -4.76. The fourth-order valence-corrected chi connectivity index (χ4v) is 5.30. The summed E-state index contributed by atoms with van der Waals surface area (Å²) in [7, 11) is 0. The van der Waals surface area contributed by atoms with E-state index in [9.17, 15) is 18.0 Å². The van der Waals surface area contributed by atoms with Gasteiger partial charge >= 0.3 is 12.3 Å². The number of rotatable bonds is 7. The monoisotopic (exact) mass is 523 g/mol. The molecule has 6 nitrogen and oxygen atoms in total. The zero-order valence-corrected chi connectivity index (χ0v) is 21.0. The van der Waals surface area contributed by atoms with Crippen LogP contribution in [0.3, 0.4) is 0 Å². The van der Waals surface area contributed by atoms with Crippen molar-refractivity contribution in [3.8, 4) is 5.75 Å². The number of imidazole rings is 1. The van der Waals surface area contributed by atoms with Gasteiger partial charge in [-0.3, -0.25) is 4.79 Å². The number of anilines is 2. The lowest BCUT2D eigenvalue weighted by molar-refractivity contribution is -0.274. The van der Waals surface area contributed by atoms with Crippen molar-refractivity contribution in [2.45, 2.75) is 51.9 Å². The molecule has 2 N–H and O–H groups in total. The molecule has 0 spiro atoms. The number of carboxylic acids is 1. The van der Waals surface area contributed by atoms with Crippen molar-refractivity contribution in [3.05, 3.63) is 83.4 Å². The molecule has 0 bridgehead atoms. The fourth-order valence-electron chi connectivity index (χ4n) is 5.30. The van der Waals surface area contributed by atoms with Crippen LogP contribution < -0.4 is 10.1 Å². The molecule has 0 saturated carbocycles. The molecule has 1 atom stereocenters. The Balaban J connectivity index is 1.58. The maximum atomic E-state index is 12.6. The number of halogens is 3. The second-order valence-electron chi connectivity index (χ2n) is 10.5. The van der Waals surface area contributed by atoms with Gasteiger partial charge < -0.3 is 19.7 Å². The Morgan fingerprint density at radius 1 is 1.13 bits per heavy atom. The van der Waals surface area contributed by atoms with E-state index in [1.807, 2.05) is 30.3 Å². The number of alkyl halides is 3. The molecule has 0 amide bonds. The number of hydrogen-bond acceptors (Lipinski definition) is 4. The summed E-state index contributed by atoms with van der Waals surface area (Å²) in [6.45, 7) is 4.48. The summed E-state index contributed by atoms with van der Waals surface area (Å²) in [5, 5.41) is 12.4. The van der Waals surface area contributed by atoms with E-state index in [1.54, 1.807) is 0 Å². The standard InChI is InChI=1S/C29H28F3N3O3/c1-28(2)16-19-5-3-4-6-22(19)25(17-28)35-24-13-7-18(8-14-26(36)37)15-23(24)34-27(35)33-20-9-11-21(12-10-20)38-29(30,31)32/h3-7,9-13,15,25H,8,14,16-17H2,1-2H3,(H,33,34)(H,36,37). The van der Waals surface area contributed by atoms with Crippen molar-refractivity contribution in [1.29, 1.82) is 0 Å². The van der Waals surface area contributed by atoms with Gasteiger partial charge in [0.15, 0.2) is 0 Å². The van der Waals surface area contributed by atoms with Crippen LogP contribution in [-0.2, 0) is 17.6 Å². The van der Waals surface area contributed by atoms with E-state index in [-0.39, 0.29) is 23.6 Å². The van der Waals surface area contributed by atoms with Gasteiger partial charge in [0.05, 0.1) is 17.1 Å². The summed E-state index contributed by atoms with van der Waals surface area (Å²) >= 11 is 0. The Morgan fingerprint density at radius 3 is 2.58 bits per heavy atom. The van der Waals surface area contributed by atoms with Gasteiger partial charge in [0.2, 0.25) is 5.95 Å². The number of aromatic nitrogens is 2. The Morgan fingerprint density at radius 2 is 1.87 bits per heavy atom. The molecule has 1 aliphatic rings. The van der Waals surface area contributed by atoms with E-state index in [0.29, 0.717) is 23.6 Å². The Bertz CT molecular complexity index is 1480. The average molecular weight is 524 g/mol. The lowest BCUT2D eigenvalue weighted by Crippen LogP contribution is -2.29. The third kappa shape index (κ3) is 5.61. The maximum absolute atomic E-state index is 12.6. The number of fused-ring (bicyclic) bond motifs is 2. The second-order valence-corrected chi connectivity index (χ2v) is 10.5. The average Bonchev–Trinajstić information content (AvgIpc) is 3.18. The smallest absolute Gasteiger partial charge is 0.481 e. The number of ether oxygens (including phenoxy) is 1. The van der Waals surface area contributed by atoms with Crippen molar-refractivity contribution in [1.82, 2.24) is 9.55 Å². The number of hydrogen-bond donors (Lipinski definition) is 2. The molecular weight excluding hydrogens is 495 g/mol. The second kappa shape index (κ2) is 9.70. The van der Waals surface area contributed by atoms with Gasteiger partial charge in [-0.25, -0.2) is 4.98 Å². The Kier molecular flexibility index (Phi) is 6.54. The van der Waals surface area contributed by atoms with Gasteiger partial charge in [-0.1, -0.05) is 44.2 Å². The van der Waals surface area contributed by atoms with Crippen LogP contribution in [0, 0.1) is 5.41 Å². The van der Waals surface area contributed by atoms with Crippen LogP contribution in [0.2, 0.25) is 0 Å². The molecule has 1 heterocycles. The molecular formula is C29H28F3N3O3. The van der Waals surface area contributed by atoms with Crippen LogP contribution in [0.1, 0.15) is 49.4 Å². The highest BCUT2D eigenvalue weighted by atomic mass is 19.4. The van der Waals surface area contributed by atoms with Crippen LogP contribution in [-0.4, -0.2) is 27.0 Å². The van der Waals surface area contributed by atoms with Gasteiger partial charge in [-0.05, 0) is 77.8 Å². The summed E-state index contributed by atoms with van der Waals surface area (Å²) in [4.78, 5) is 15.9. The molecule has 0 radical (unpaired) electrons. The number of nitrogens with zero attached hydrogens (tertiary/aromatic N) is 2. The summed E-state index contributed by atoms with van der Waals surface area (Å²) in [6.07, 6.45) is -2.53. The first-order valence-corrected chi connectivity index (χ1v) is 12.4. The number of aliphatic carboxylic acids is 1. The van der Waals surface area contributed by atoms with Gasteiger partial charge in [0.1, 0.15) is 5.75 Å². The number of nitrogens with one attached hydrogen (secondary N) is 1. The topological polar surface area (TPSA) is 76.4 Å². The molecule has 4 aromatic rings. The van der Waals surface area contributed by atoms with Gasteiger partial charge in [0.25, 0.3) is 0 Å². The predicted octanol–water partition coefficient (Wildman–Crippen LogP) is 7.26. The first kappa shape index (κ1) is 25.6. The van der Waals surface area contributed by atoms with Crippen molar-refractivity contribution in [2.75, 3.05) is 5.32 Å². The van der Waals surface area contributed by atoms with E-state index in [4.69, 9.17) is 10.1 Å². The highest BCUT2D eigenvalue weighted by molar-refractivity contribution is 5.81. The van der Waals surface area contributed by atoms with Crippen molar-refractivity contribution in [2.24, 2.45) is 5.41 Å². The number of aryl methyl sites for hydroxylation is 1.